The third-order valence-corrected chi connectivity index (χ3v) is 2.29. The zero-order valence-electron chi connectivity index (χ0n) is 8.25. The summed E-state index contributed by atoms with van der Waals surface area (Å²) in [5.41, 5.74) is 2.17. The summed E-state index contributed by atoms with van der Waals surface area (Å²) in [5.74, 6) is 1.65. The Hall–Kier alpha value is -1.22. The van der Waals surface area contributed by atoms with Crippen LogP contribution in [0.4, 0.5) is 0 Å². The molecule has 0 radical (unpaired) electrons. The van der Waals surface area contributed by atoms with Crippen molar-refractivity contribution in [1.82, 2.24) is 0 Å². The van der Waals surface area contributed by atoms with Crippen LogP contribution in [0.3, 0.4) is 0 Å². The van der Waals surface area contributed by atoms with Crippen molar-refractivity contribution >= 4 is 0 Å². The largest absolute Gasteiger partial charge is 0.486 e. The fourth-order valence-electron chi connectivity index (χ4n) is 1.67. The van der Waals surface area contributed by atoms with Crippen LogP contribution in [0.5, 0.6) is 11.5 Å². The number of aliphatic hydroxyl groups is 1. The number of aryl methyl sites for hydroxylation is 1. The van der Waals surface area contributed by atoms with Gasteiger partial charge in [0.05, 0.1) is 0 Å². The highest BCUT2D eigenvalue weighted by molar-refractivity contribution is 5.49. The molecule has 0 bridgehead atoms. The van der Waals surface area contributed by atoms with E-state index in [1.54, 1.807) is 0 Å². The Balaban J connectivity index is 2.36. The molecule has 0 saturated carbocycles. The van der Waals surface area contributed by atoms with Crippen molar-refractivity contribution in [3.8, 4) is 11.5 Å². The van der Waals surface area contributed by atoms with E-state index in [1.807, 2.05) is 19.1 Å². The number of hydrogen-bond acceptors (Lipinski definition) is 3. The van der Waals surface area contributed by atoms with Crippen molar-refractivity contribution in [1.29, 1.82) is 0 Å². The molecular formula is C11H14O3. The van der Waals surface area contributed by atoms with Crippen LogP contribution in [0.2, 0.25) is 0 Å². The fraction of sp³-hybridized carbons (Fsp3) is 0.455. The molecule has 3 heteroatoms. The van der Waals surface area contributed by atoms with Crippen molar-refractivity contribution in [2.45, 2.75) is 13.3 Å². The normalized spacial score (nSPS) is 14.1. The first-order valence-electron chi connectivity index (χ1n) is 4.81. The van der Waals surface area contributed by atoms with E-state index in [9.17, 15) is 0 Å². The summed E-state index contributed by atoms with van der Waals surface area (Å²) in [6.45, 7) is 3.38. The smallest absolute Gasteiger partial charge is 0.164 e. The molecule has 0 atom stereocenters. The molecule has 1 N–H and O–H groups in total. The van der Waals surface area contributed by atoms with E-state index in [-0.39, 0.29) is 6.61 Å². The molecule has 1 aromatic carbocycles. The molecular weight excluding hydrogens is 180 g/mol. The minimum absolute atomic E-state index is 0.166. The Labute approximate surface area is 83.3 Å². The molecule has 1 aliphatic heterocycles. The third kappa shape index (κ3) is 1.68. The van der Waals surface area contributed by atoms with Crippen molar-refractivity contribution in [3.63, 3.8) is 0 Å². The van der Waals surface area contributed by atoms with Crippen LogP contribution in [0.25, 0.3) is 0 Å². The summed E-state index contributed by atoms with van der Waals surface area (Å²) in [6, 6.07) is 3.97. The second kappa shape index (κ2) is 3.88. The summed E-state index contributed by atoms with van der Waals surface area (Å²) in [7, 11) is 0. The second-order valence-corrected chi connectivity index (χ2v) is 3.41. The molecule has 0 aliphatic carbocycles. The lowest BCUT2D eigenvalue weighted by molar-refractivity contribution is 0.170. The van der Waals surface area contributed by atoms with Gasteiger partial charge in [-0.05, 0) is 30.5 Å². The van der Waals surface area contributed by atoms with Crippen LogP contribution in [-0.2, 0) is 6.42 Å². The summed E-state index contributed by atoms with van der Waals surface area (Å²) in [4.78, 5) is 0. The van der Waals surface area contributed by atoms with Crippen molar-refractivity contribution in [3.05, 3.63) is 23.3 Å². The number of ether oxygens (including phenoxy) is 2. The average molecular weight is 194 g/mol. The van der Waals surface area contributed by atoms with Gasteiger partial charge in [0.15, 0.2) is 11.5 Å². The number of benzene rings is 1. The van der Waals surface area contributed by atoms with Crippen molar-refractivity contribution in [2.24, 2.45) is 0 Å². The Morgan fingerprint density at radius 1 is 1.29 bits per heavy atom. The minimum Gasteiger partial charge on any atom is -0.486 e. The van der Waals surface area contributed by atoms with Crippen LogP contribution >= 0.6 is 0 Å². The molecule has 2 rings (SSSR count). The first-order valence-corrected chi connectivity index (χ1v) is 4.81. The van der Waals surface area contributed by atoms with E-state index in [1.165, 1.54) is 0 Å². The molecule has 0 saturated heterocycles. The zero-order valence-corrected chi connectivity index (χ0v) is 8.25. The molecule has 1 aliphatic rings. The lowest BCUT2D eigenvalue weighted by Crippen LogP contribution is -2.16. The van der Waals surface area contributed by atoms with Gasteiger partial charge in [0.2, 0.25) is 0 Å². The molecule has 3 nitrogen and oxygen atoms in total. The van der Waals surface area contributed by atoms with Gasteiger partial charge in [-0.2, -0.15) is 0 Å². The number of aliphatic hydroxyl groups excluding tert-OH is 1. The van der Waals surface area contributed by atoms with Gasteiger partial charge in [-0.1, -0.05) is 6.07 Å². The predicted molar refractivity (Wildman–Crippen MR) is 53.0 cm³/mol. The lowest BCUT2D eigenvalue weighted by atomic mass is 10.1. The minimum atomic E-state index is 0.166. The lowest BCUT2D eigenvalue weighted by Gasteiger charge is -2.21. The molecule has 76 valence electrons. The van der Waals surface area contributed by atoms with E-state index in [0.29, 0.717) is 19.6 Å². The first-order chi connectivity index (χ1) is 6.81. The van der Waals surface area contributed by atoms with Gasteiger partial charge in [-0.15, -0.1) is 0 Å². The number of fused-ring (bicyclic) bond motifs is 1. The summed E-state index contributed by atoms with van der Waals surface area (Å²) >= 11 is 0. The van der Waals surface area contributed by atoms with Crippen molar-refractivity contribution in [2.75, 3.05) is 19.8 Å². The van der Waals surface area contributed by atoms with E-state index in [0.717, 1.165) is 22.6 Å². The molecule has 0 amide bonds. The highest BCUT2D eigenvalue weighted by Crippen LogP contribution is 2.34. The van der Waals surface area contributed by atoms with E-state index in [2.05, 4.69) is 0 Å². The van der Waals surface area contributed by atoms with Gasteiger partial charge >= 0.3 is 0 Å². The Kier molecular flexibility index (Phi) is 2.59. The van der Waals surface area contributed by atoms with Gasteiger partial charge in [0.1, 0.15) is 13.2 Å². The van der Waals surface area contributed by atoms with E-state index in [4.69, 9.17) is 14.6 Å². The maximum absolute atomic E-state index is 8.84. The van der Waals surface area contributed by atoms with Crippen LogP contribution < -0.4 is 9.47 Å². The summed E-state index contributed by atoms with van der Waals surface area (Å²) in [5, 5.41) is 8.84. The molecule has 14 heavy (non-hydrogen) atoms. The van der Waals surface area contributed by atoms with Gasteiger partial charge in [0, 0.05) is 6.61 Å². The zero-order chi connectivity index (χ0) is 9.97. The third-order valence-electron chi connectivity index (χ3n) is 2.29. The van der Waals surface area contributed by atoms with Crippen LogP contribution in [0, 0.1) is 6.92 Å². The monoisotopic (exact) mass is 194 g/mol. The Morgan fingerprint density at radius 2 is 2.07 bits per heavy atom. The van der Waals surface area contributed by atoms with Crippen LogP contribution in [0.1, 0.15) is 11.1 Å². The number of rotatable bonds is 2. The quantitative estimate of drug-likeness (QED) is 0.771. The van der Waals surface area contributed by atoms with Crippen LogP contribution in [0.15, 0.2) is 12.1 Å². The fourth-order valence-corrected chi connectivity index (χ4v) is 1.67. The topological polar surface area (TPSA) is 38.7 Å². The van der Waals surface area contributed by atoms with Gasteiger partial charge in [0.25, 0.3) is 0 Å². The summed E-state index contributed by atoms with van der Waals surface area (Å²) in [6.07, 6.45) is 0.664. The first kappa shape index (κ1) is 9.34. The van der Waals surface area contributed by atoms with Crippen LogP contribution in [-0.4, -0.2) is 24.9 Å². The predicted octanol–water partition coefficient (Wildman–Crippen LogP) is 1.30. The molecule has 1 heterocycles. The summed E-state index contributed by atoms with van der Waals surface area (Å²) < 4.78 is 11.0. The highest BCUT2D eigenvalue weighted by Gasteiger charge is 2.14. The Morgan fingerprint density at radius 3 is 2.86 bits per heavy atom. The SMILES string of the molecule is Cc1cc(CCO)cc2c1OCCO2. The highest BCUT2D eigenvalue weighted by atomic mass is 16.6. The van der Waals surface area contributed by atoms with Gasteiger partial charge in [-0.25, -0.2) is 0 Å². The van der Waals surface area contributed by atoms with Gasteiger partial charge in [-0.3, -0.25) is 0 Å². The van der Waals surface area contributed by atoms with Crippen molar-refractivity contribution < 1.29 is 14.6 Å². The Bertz CT molecular complexity index is 334. The van der Waals surface area contributed by atoms with Gasteiger partial charge < -0.3 is 14.6 Å². The molecule has 0 aromatic heterocycles. The molecule has 0 fully saturated rings. The van der Waals surface area contributed by atoms with E-state index < -0.39 is 0 Å². The molecule has 0 unspecified atom stereocenters. The van der Waals surface area contributed by atoms with E-state index >= 15 is 0 Å². The molecule has 1 aromatic rings. The average Bonchev–Trinajstić information content (AvgIpc) is 2.18. The maximum Gasteiger partial charge on any atom is 0.164 e. The molecule has 0 spiro atoms. The number of hydrogen-bond donors (Lipinski definition) is 1. The maximum atomic E-state index is 8.84. The second-order valence-electron chi connectivity index (χ2n) is 3.41. The standard InChI is InChI=1S/C11H14O3/c1-8-6-9(2-3-12)7-10-11(8)14-5-4-13-10/h6-7,12H,2-5H2,1H3.